The summed E-state index contributed by atoms with van der Waals surface area (Å²) in [5.74, 6) is 0. The monoisotopic (exact) mass is 374 g/mol. The van der Waals surface area contributed by atoms with Crippen molar-refractivity contribution < 1.29 is 0 Å². The molecule has 27 heavy (non-hydrogen) atoms. The van der Waals surface area contributed by atoms with Gasteiger partial charge >= 0.3 is 0 Å². The molecule has 1 heterocycles. The molecule has 0 aromatic heterocycles. The van der Waals surface area contributed by atoms with E-state index in [4.69, 9.17) is 16.6 Å². The van der Waals surface area contributed by atoms with E-state index in [9.17, 15) is 0 Å². The molecule has 0 N–H and O–H groups in total. The van der Waals surface area contributed by atoms with Crippen molar-refractivity contribution in [3.05, 3.63) is 101 Å². The van der Waals surface area contributed by atoms with Crippen LogP contribution in [0.1, 0.15) is 36.7 Å². The van der Waals surface area contributed by atoms with Gasteiger partial charge in [-0.2, -0.15) is 0 Å². The number of aliphatic imine (C=N–C) groups is 1. The second-order valence-electron chi connectivity index (χ2n) is 6.91. The Morgan fingerprint density at radius 3 is 2.19 bits per heavy atom. The molecule has 3 aromatic carbocycles. The summed E-state index contributed by atoms with van der Waals surface area (Å²) >= 11 is 6.11. The van der Waals surface area contributed by atoms with Gasteiger partial charge in [-0.15, -0.1) is 0 Å². The number of hydrogen-bond acceptors (Lipinski definition) is 2. The molecule has 0 aliphatic carbocycles. The number of benzene rings is 3. The molecule has 0 saturated carbocycles. The smallest absolute Gasteiger partial charge is 0.148 e. The molecule has 2 unspecified atom stereocenters. The second kappa shape index (κ2) is 7.58. The maximum atomic E-state index is 6.11. The zero-order valence-corrected chi connectivity index (χ0v) is 16.4. The summed E-state index contributed by atoms with van der Waals surface area (Å²) in [4.78, 5) is 7.52. The summed E-state index contributed by atoms with van der Waals surface area (Å²) in [6, 6.07) is 27.5. The van der Waals surface area contributed by atoms with Gasteiger partial charge in [0, 0.05) is 10.7 Å². The van der Waals surface area contributed by atoms with Gasteiger partial charge in [0.05, 0.1) is 11.8 Å². The van der Waals surface area contributed by atoms with Gasteiger partial charge < -0.3 is 4.90 Å². The molecule has 1 aliphatic heterocycles. The molecule has 0 spiro atoms. The van der Waals surface area contributed by atoms with Crippen molar-refractivity contribution in [1.29, 1.82) is 0 Å². The lowest BCUT2D eigenvalue weighted by atomic mass is 10.0. The van der Waals surface area contributed by atoms with E-state index in [0.29, 0.717) is 0 Å². The third-order valence-corrected chi connectivity index (χ3v) is 5.47. The van der Waals surface area contributed by atoms with Crippen LogP contribution in [-0.2, 0) is 6.42 Å². The molecule has 3 aromatic rings. The summed E-state index contributed by atoms with van der Waals surface area (Å²) in [5, 5.41) is 0.748. The number of rotatable bonds is 4. The van der Waals surface area contributed by atoms with Crippen molar-refractivity contribution in [1.82, 2.24) is 0 Å². The average Bonchev–Trinajstić information content (AvgIpc) is 3.06. The SMILES string of the molecule is CCc1ccc(C2=NC(c3ccccc3)N(c3ccc(Cl)cc3)C2C)cc1. The van der Waals surface area contributed by atoms with E-state index in [0.717, 1.165) is 22.8 Å². The van der Waals surface area contributed by atoms with Gasteiger partial charge in [-0.3, -0.25) is 4.99 Å². The molecule has 0 saturated heterocycles. The molecule has 1 aliphatic rings. The number of aryl methyl sites for hydroxylation is 1. The van der Waals surface area contributed by atoms with Crippen molar-refractivity contribution in [2.24, 2.45) is 4.99 Å². The van der Waals surface area contributed by atoms with Gasteiger partial charge in [-0.05, 0) is 54.3 Å². The van der Waals surface area contributed by atoms with Crippen LogP contribution in [0, 0.1) is 0 Å². The summed E-state index contributed by atoms with van der Waals surface area (Å²) < 4.78 is 0. The standard InChI is InChI=1S/C24H23ClN2/c1-3-18-9-11-19(12-10-18)23-17(2)27(22-15-13-21(25)14-16-22)24(26-23)20-7-5-4-6-8-20/h4-17,24H,3H2,1-2H3. The largest absolute Gasteiger partial charge is 0.337 e. The fourth-order valence-corrected chi connectivity index (χ4v) is 3.84. The number of hydrogen-bond donors (Lipinski definition) is 0. The van der Waals surface area contributed by atoms with E-state index in [1.165, 1.54) is 16.7 Å². The Bertz CT molecular complexity index is 930. The van der Waals surface area contributed by atoms with E-state index in [1.54, 1.807) is 0 Å². The predicted molar refractivity (Wildman–Crippen MR) is 115 cm³/mol. The second-order valence-corrected chi connectivity index (χ2v) is 7.35. The summed E-state index contributed by atoms with van der Waals surface area (Å²) in [5.41, 5.74) is 5.99. The average molecular weight is 375 g/mol. The fourth-order valence-electron chi connectivity index (χ4n) is 3.71. The van der Waals surface area contributed by atoms with E-state index >= 15 is 0 Å². The highest BCUT2D eigenvalue weighted by atomic mass is 35.5. The van der Waals surface area contributed by atoms with Crippen molar-refractivity contribution in [2.75, 3.05) is 4.90 Å². The number of nitrogens with zero attached hydrogens (tertiary/aromatic N) is 2. The Hall–Kier alpha value is -2.58. The highest BCUT2D eigenvalue weighted by molar-refractivity contribution is 6.30. The molecule has 0 amide bonds. The first-order chi connectivity index (χ1) is 13.2. The lowest BCUT2D eigenvalue weighted by Gasteiger charge is -2.30. The number of halogens is 1. The van der Waals surface area contributed by atoms with Crippen LogP contribution in [0.25, 0.3) is 0 Å². The highest BCUT2D eigenvalue weighted by Gasteiger charge is 2.35. The van der Waals surface area contributed by atoms with Crippen LogP contribution in [0.5, 0.6) is 0 Å². The van der Waals surface area contributed by atoms with Crippen LogP contribution >= 0.6 is 11.6 Å². The zero-order chi connectivity index (χ0) is 18.8. The molecule has 3 heteroatoms. The van der Waals surface area contributed by atoms with Gasteiger partial charge in [-0.25, -0.2) is 0 Å². The van der Waals surface area contributed by atoms with E-state index < -0.39 is 0 Å². The summed E-state index contributed by atoms with van der Waals surface area (Å²) in [6.45, 7) is 4.41. The lowest BCUT2D eigenvalue weighted by Crippen LogP contribution is -2.35. The minimum atomic E-state index is -0.0387. The Kier molecular flexibility index (Phi) is 5.00. The Morgan fingerprint density at radius 2 is 1.56 bits per heavy atom. The van der Waals surface area contributed by atoms with Gasteiger partial charge in [-0.1, -0.05) is 73.1 Å². The lowest BCUT2D eigenvalue weighted by molar-refractivity contribution is 0.675. The first-order valence-corrected chi connectivity index (χ1v) is 9.81. The van der Waals surface area contributed by atoms with Crippen molar-refractivity contribution in [3.8, 4) is 0 Å². The summed E-state index contributed by atoms with van der Waals surface area (Å²) in [6.07, 6.45) is 1.01. The third-order valence-electron chi connectivity index (χ3n) is 5.22. The van der Waals surface area contributed by atoms with E-state index in [2.05, 4.69) is 79.4 Å². The Labute approximate surface area is 166 Å². The molecule has 0 bridgehead atoms. The van der Waals surface area contributed by atoms with E-state index in [1.807, 2.05) is 18.2 Å². The molecular formula is C24H23ClN2. The fraction of sp³-hybridized carbons (Fsp3) is 0.208. The Morgan fingerprint density at radius 1 is 0.889 bits per heavy atom. The molecule has 2 nitrogen and oxygen atoms in total. The van der Waals surface area contributed by atoms with Gasteiger partial charge in [0.2, 0.25) is 0 Å². The molecule has 2 atom stereocenters. The van der Waals surface area contributed by atoms with E-state index in [-0.39, 0.29) is 12.2 Å². The minimum Gasteiger partial charge on any atom is -0.337 e. The van der Waals surface area contributed by atoms with Gasteiger partial charge in [0.1, 0.15) is 6.17 Å². The molecule has 4 rings (SSSR count). The maximum absolute atomic E-state index is 6.11. The molecule has 0 fully saturated rings. The van der Waals surface area contributed by atoms with Crippen LogP contribution in [0.2, 0.25) is 5.02 Å². The van der Waals surface area contributed by atoms with Crippen LogP contribution in [0.4, 0.5) is 5.69 Å². The maximum Gasteiger partial charge on any atom is 0.148 e. The predicted octanol–water partition coefficient (Wildman–Crippen LogP) is 6.30. The molecule has 0 radical (unpaired) electrons. The first kappa shape index (κ1) is 17.8. The molecular weight excluding hydrogens is 352 g/mol. The minimum absolute atomic E-state index is 0.0387. The summed E-state index contributed by atoms with van der Waals surface area (Å²) in [7, 11) is 0. The zero-order valence-electron chi connectivity index (χ0n) is 15.6. The topological polar surface area (TPSA) is 15.6 Å². The van der Waals surface area contributed by atoms with Crippen LogP contribution < -0.4 is 4.90 Å². The van der Waals surface area contributed by atoms with Gasteiger partial charge in [0.15, 0.2) is 0 Å². The Balaban J connectivity index is 1.77. The highest BCUT2D eigenvalue weighted by Crippen LogP contribution is 2.37. The van der Waals surface area contributed by atoms with Crippen LogP contribution in [0.15, 0.2) is 83.9 Å². The number of anilines is 1. The van der Waals surface area contributed by atoms with Crippen molar-refractivity contribution in [2.45, 2.75) is 32.5 Å². The third kappa shape index (κ3) is 3.50. The quantitative estimate of drug-likeness (QED) is 0.523. The van der Waals surface area contributed by atoms with Crippen molar-refractivity contribution in [3.63, 3.8) is 0 Å². The van der Waals surface area contributed by atoms with Crippen LogP contribution in [0.3, 0.4) is 0 Å². The van der Waals surface area contributed by atoms with Crippen LogP contribution in [-0.4, -0.2) is 11.8 Å². The normalized spacial score (nSPS) is 19.2. The first-order valence-electron chi connectivity index (χ1n) is 9.43. The van der Waals surface area contributed by atoms with Gasteiger partial charge in [0.25, 0.3) is 0 Å². The van der Waals surface area contributed by atoms with Crippen molar-refractivity contribution >= 4 is 23.0 Å². The molecule has 136 valence electrons.